The number of aliphatic hydroxyl groups excluding tert-OH is 1. The standard InChI is InChI=1S/C12H18N2O2S/c1-3-8-4-5-17-11(8)12(16)14(2)9-6-13-7-10(9)15/h4-5,9-10,13,15H,3,6-7H2,1-2H3/t9-,10-/m0/s1. The number of hydrogen-bond acceptors (Lipinski definition) is 4. The summed E-state index contributed by atoms with van der Waals surface area (Å²) in [5.41, 5.74) is 1.09. The SMILES string of the molecule is CCc1ccsc1C(=O)N(C)[C@H]1CNC[C@@H]1O. The fourth-order valence-corrected chi connectivity index (χ4v) is 3.14. The number of likely N-dealkylation sites (N-methyl/N-ethyl adjacent to an activating group) is 1. The van der Waals surface area contributed by atoms with E-state index in [1.807, 2.05) is 18.4 Å². The van der Waals surface area contributed by atoms with Crippen LogP contribution in [0.1, 0.15) is 22.2 Å². The lowest BCUT2D eigenvalue weighted by atomic mass is 10.1. The van der Waals surface area contributed by atoms with Gasteiger partial charge in [-0.2, -0.15) is 0 Å². The fourth-order valence-electron chi connectivity index (χ4n) is 2.16. The number of hydrogen-bond donors (Lipinski definition) is 2. The van der Waals surface area contributed by atoms with E-state index in [1.165, 1.54) is 11.3 Å². The zero-order valence-electron chi connectivity index (χ0n) is 10.1. The molecule has 5 heteroatoms. The fraction of sp³-hybridized carbons (Fsp3) is 0.583. The number of thiophene rings is 1. The van der Waals surface area contributed by atoms with Gasteiger partial charge in [-0.3, -0.25) is 4.79 Å². The number of β-amino-alcohol motifs (C(OH)–C–C–N with tert-alkyl or cyclic N) is 1. The summed E-state index contributed by atoms with van der Waals surface area (Å²) in [5, 5.41) is 14.8. The van der Waals surface area contributed by atoms with Gasteiger partial charge in [0.25, 0.3) is 5.91 Å². The van der Waals surface area contributed by atoms with Gasteiger partial charge in [-0.15, -0.1) is 11.3 Å². The first-order chi connectivity index (χ1) is 8.15. The van der Waals surface area contributed by atoms with E-state index >= 15 is 0 Å². The van der Waals surface area contributed by atoms with Gasteiger partial charge in [-0.25, -0.2) is 0 Å². The number of nitrogens with zero attached hydrogens (tertiary/aromatic N) is 1. The van der Waals surface area contributed by atoms with Crippen molar-refractivity contribution >= 4 is 17.2 Å². The highest BCUT2D eigenvalue weighted by Gasteiger charge is 2.32. The van der Waals surface area contributed by atoms with Crippen LogP contribution in [0, 0.1) is 0 Å². The van der Waals surface area contributed by atoms with Gasteiger partial charge in [0.05, 0.1) is 17.0 Å². The van der Waals surface area contributed by atoms with Crippen LogP contribution in [0.5, 0.6) is 0 Å². The second-order valence-electron chi connectivity index (χ2n) is 4.34. The summed E-state index contributed by atoms with van der Waals surface area (Å²) in [6.07, 6.45) is 0.401. The number of rotatable bonds is 3. The summed E-state index contributed by atoms with van der Waals surface area (Å²) in [7, 11) is 1.77. The summed E-state index contributed by atoms with van der Waals surface area (Å²) in [4.78, 5) is 14.8. The van der Waals surface area contributed by atoms with Gasteiger partial charge >= 0.3 is 0 Å². The lowest BCUT2D eigenvalue weighted by Crippen LogP contribution is -2.44. The van der Waals surface area contributed by atoms with Crippen LogP contribution in [0.2, 0.25) is 0 Å². The highest BCUT2D eigenvalue weighted by molar-refractivity contribution is 7.12. The molecule has 0 spiro atoms. The molecule has 1 aliphatic heterocycles. The van der Waals surface area contributed by atoms with Crippen LogP contribution >= 0.6 is 11.3 Å². The molecule has 0 aliphatic carbocycles. The Labute approximate surface area is 105 Å². The average molecular weight is 254 g/mol. The minimum Gasteiger partial charge on any atom is -0.390 e. The number of aryl methyl sites for hydroxylation is 1. The molecule has 2 N–H and O–H groups in total. The zero-order chi connectivity index (χ0) is 12.4. The minimum atomic E-state index is -0.464. The number of carbonyl (C=O) groups excluding carboxylic acids is 1. The van der Waals surface area contributed by atoms with Crippen LogP contribution in [-0.2, 0) is 6.42 Å². The van der Waals surface area contributed by atoms with Crippen molar-refractivity contribution in [2.24, 2.45) is 0 Å². The average Bonchev–Trinajstić information content (AvgIpc) is 2.95. The van der Waals surface area contributed by atoms with Crippen molar-refractivity contribution < 1.29 is 9.90 Å². The van der Waals surface area contributed by atoms with Gasteiger partial charge in [0.15, 0.2) is 0 Å². The molecule has 2 atom stereocenters. The number of aliphatic hydroxyl groups is 1. The van der Waals surface area contributed by atoms with Crippen molar-refractivity contribution in [1.82, 2.24) is 10.2 Å². The van der Waals surface area contributed by atoms with E-state index in [-0.39, 0.29) is 11.9 Å². The van der Waals surface area contributed by atoms with Crippen LogP contribution in [0.15, 0.2) is 11.4 Å². The quantitative estimate of drug-likeness (QED) is 0.835. The number of carbonyl (C=O) groups is 1. The summed E-state index contributed by atoms with van der Waals surface area (Å²) in [6.45, 7) is 3.27. The van der Waals surface area contributed by atoms with Crippen LogP contribution in [0.3, 0.4) is 0 Å². The Kier molecular flexibility index (Phi) is 3.81. The lowest BCUT2D eigenvalue weighted by molar-refractivity contribution is 0.0585. The third-order valence-corrected chi connectivity index (χ3v) is 4.24. The maximum atomic E-state index is 12.3. The molecule has 1 fully saturated rings. The number of amides is 1. The van der Waals surface area contributed by atoms with Crippen molar-refractivity contribution in [3.8, 4) is 0 Å². The summed E-state index contributed by atoms with van der Waals surface area (Å²) in [5.74, 6) is 0.0181. The third kappa shape index (κ3) is 2.36. The van der Waals surface area contributed by atoms with E-state index in [0.717, 1.165) is 16.9 Å². The zero-order valence-corrected chi connectivity index (χ0v) is 11.0. The molecule has 4 nitrogen and oxygen atoms in total. The second-order valence-corrected chi connectivity index (χ2v) is 5.25. The molecule has 0 aromatic carbocycles. The Hall–Kier alpha value is -0.910. The van der Waals surface area contributed by atoms with Crippen molar-refractivity contribution in [3.05, 3.63) is 21.9 Å². The van der Waals surface area contributed by atoms with Crippen LogP contribution < -0.4 is 5.32 Å². The molecule has 2 heterocycles. The van der Waals surface area contributed by atoms with E-state index in [0.29, 0.717) is 13.1 Å². The molecule has 1 aliphatic rings. The van der Waals surface area contributed by atoms with E-state index in [4.69, 9.17) is 0 Å². The normalized spacial score (nSPS) is 23.9. The first kappa shape index (κ1) is 12.5. The van der Waals surface area contributed by atoms with Gasteiger partial charge < -0.3 is 15.3 Å². The highest BCUT2D eigenvalue weighted by Crippen LogP contribution is 2.21. The molecule has 2 rings (SSSR count). The largest absolute Gasteiger partial charge is 0.390 e. The molecule has 0 saturated carbocycles. The summed E-state index contributed by atoms with van der Waals surface area (Å²) in [6, 6.07) is 1.88. The Morgan fingerprint density at radius 2 is 2.41 bits per heavy atom. The monoisotopic (exact) mass is 254 g/mol. The predicted octanol–water partition coefficient (Wildman–Crippen LogP) is 0.715. The van der Waals surface area contributed by atoms with Gasteiger partial charge in [0, 0.05) is 20.1 Å². The Morgan fingerprint density at radius 1 is 1.65 bits per heavy atom. The first-order valence-corrected chi connectivity index (χ1v) is 6.75. The topological polar surface area (TPSA) is 52.6 Å². The van der Waals surface area contributed by atoms with Gasteiger partial charge in [-0.1, -0.05) is 6.92 Å². The first-order valence-electron chi connectivity index (χ1n) is 5.87. The van der Waals surface area contributed by atoms with Crippen molar-refractivity contribution in [2.45, 2.75) is 25.5 Å². The molecule has 0 bridgehead atoms. The van der Waals surface area contributed by atoms with E-state index in [1.54, 1.807) is 11.9 Å². The molecule has 17 heavy (non-hydrogen) atoms. The number of nitrogens with one attached hydrogen (secondary N) is 1. The smallest absolute Gasteiger partial charge is 0.264 e. The highest BCUT2D eigenvalue weighted by atomic mass is 32.1. The van der Waals surface area contributed by atoms with Crippen molar-refractivity contribution in [3.63, 3.8) is 0 Å². The molecule has 1 amide bonds. The maximum Gasteiger partial charge on any atom is 0.264 e. The van der Waals surface area contributed by atoms with E-state index in [2.05, 4.69) is 5.32 Å². The second kappa shape index (κ2) is 5.16. The van der Waals surface area contributed by atoms with Crippen LogP contribution in [0.4, 0.5) is 0 Å². The summed E-state index contributed by atoms with van der Waals surface area (Å²) >= 11 is 1.48. The molecule has 1 aromatic heterocycles. The minimum absolute atomic E-state index is 0.0181. The molecule has 0 radical (unpaired) electrons. The summed E-state index contributed by atoms with van der Waals surface area (Å²) < 4.78 is 0. The predicted molar refractivity (Wildman–Crippen MR) is 68.5 cm³/mol. The molecular formula is C12H18N2O2S. The molecule has 1 saturated heterocycles. The Bertz CT molecular complexity index is 405. The third-order valence-electron chi connectivity index (χ3n) is 3.29. The molecular weight excluding hydrogens is 236 g/mol. The molecule has 0 unspecified atom stereocenters. The molecule has 94 valence electrons. The van der Waals surface area contributed by atoms with E-state index in [9.17, 15) is 9.90 Å². The maximum absolute atomic E-state index is 12.3. The van der Waals surface area contributed by atoms with Crippen molar-refractivity contribution in [2.75, 3.05) is 20.1 Å². The van der Waals surface area contributed by atoms with Crippen molar-refractivity contribution in [1.29, 1.82) is 0 Å². The Morgan fingerprint density at radius 3 is 3.00 bits per heavy atom. The van der Waals surface area contributed by atoms with Crippen LogP contribution in [-0.4, -0.2) is 48.2 Å². The lowest BCUT2D eigenvalue weighted by Gasteiger charge is -2.26. The van der Waals surface area contributed by atoms with E-state index < -0.39 is 6.10 Å². The van der Waals surface area contributed by atoms with Gasteiger partial charge in [-0.05, 0) is 23.4 Å². The van der Waals surface area contributed by atoms with Gasteiger partial charge in [0.1, 0.15) is 0 Å². The van der Waals surface area contributed by atoms with Gasteiger partial charge in [0.2, 0.25) is 0 Å². The molecule has 1 aromatic rings. The Balaban J connectivity index is 2.14. The van der Waals surface area contributed by atoms with Crippen LogP contribution in [0.25, 0.3) is 0 Å².